The molecular weight excluding hydrogens is 228 g/mol. The van der Waals surface area contributed by atoms with E-state index in [4.69, 9.17) is 5.73 Å². The van der Waals surface area contributed by atoms with Crippen LogP contribution in [0.5, 0.6) is 0 Å². The van der Waals surface area contributed by atoms with Gasteiger partial charge in [-0.2, -0.15) is 5.10 Å². The number of methoxy groups -OCH3 is 1. The molecule has 7 heteroatoms. The second-order valence-electron chi connectivity index (χ2n) is 3.14. The van der Waals surface area contributed by atoms with Crippen LogP contribution in [0.4, 0.5) is 5.69 Å². The van der Waals surface area contributed by atoms with E-state index in [1.807, 2.05) is 12.3 Å². The first-order valence-corrected chi connectivity index (χ1v) is 5.35. The van der Waals surface area contributed by atoms with E-state index in [2.05, 4.69) is 14.8 Å². The van der Waals surface area contributed by atoms with Crippen LogP contribution < -0.4 is 5.73 Å². The minimum atomic E-state index is -0.551. The van der Waals surface area contributed by atoms with Crippen LogP contribution in [0.1, 0.15) is 16.2 Å². The van der Waals surface area contributed by atoms with Crippen molar-refractivity contribution in [2.75, 3.05) is 12.8 Å². The number of nitrogens with zero attached hydrogens (tertiary/aromatic N) is 3. The van der Waals surface area contributed by atoms with Crippen LogP contribution in [-0.2, 0) is 4.74 Å². The highest BCUT2D eigenvalue weighted by molar-refractivity contribution is 7.12. The van der Waals surface area contributed by atoms with Crippen molar-refractivity contribution in [3.05, 3.63) is 23.0 Å². The van der Waals surface area contributed by atoms with Crippen molar-refractivity contribution in [3.8, 4) is 5.13 Å². The van der Waals surface area contributed by atoms with Gasteiger partial charge in [-0.25, -0.2) is 14.5 Å². The van der Waals surface area contributed by atoms with Gasteiger partial charge in [0.25, 0.3) is 0 Å². The number of carbonyl (C=O) groups excluding carboxylic acids is 1. The second kappa shape index (κ2) is 3.93. The molecule has 0 aromatic carbocycles. The lowest BCUT2D eigenvalue weighted by atomic mass is 10.4. The Labute approximate surface area is 95.7 Å². The topological polar surface area (TPSA) is 83.0 Å². The first-order valence-electron chi connectivity index (χ1n) is 4.47. The molecule has 84 valence electrons. The highest BCUT2D eigenvalue weighted by Crippen LogP contribution is 2.18. The number of rotatable bonds is 2. The lowest BCUT2D eigenvalue weighted by Gasteiger charge is -1.94. The van der Waals surface area contributed by atoms with Crippen LogP contribution in [0.2, 0.25) is 0 Å². The first kappa shape index (κ1) is 10.6. The molecule has 0 fully saturated rings. The van der Waals surface area contributed by atoms with Gasteiger partial charge in [-0.15, -0.1) is 11.3 Å². The highest BCUT2D eigenvalue weighted by Gasteiger charge is 2.16. The van der Waals surface area contributed by atoms with Crippen LogP contribution in [0.15, 0.2) is 11.6 Å². The molecule has 0 spiro atoms. The van der Waals surface area contributed by atoms with Gasteiger partial charge in [0.1, 0.15) is 0 Å². The Kier molecular flexibility index (Phi) is 2.61. The predicted molar refractivity (Wildman–Crippen MR) is 59.7 cm³/mol. The maximum atomic E-state index is 11.3. The van der Waals surface area contributed by atoms with E-state index in [-0.39, 0.29) is 11.4 Å². The summed E-state index contributed by atoms with van der Waals surface area (Å²) in [7, 11) is 1.29. The summed E-state index contributed by atoms with van der Waals surface area (Å²) < 4.78 is 6.03. The van der Waals surface area contributed by atoms with Crippen LogP contribution in [-0.4, -0.2) is 27.8 Å². The summed E-state index contributed by atoms with van der Waals surface area (Å²) in [5, 5.41) is 6.59. The van der Waals surface area contributed by atoms with Crippen LogP contribution in [0.3, 0.4) is 0 Å². The number of esters is 1. The molecule has 0 saturated heterocycles. The summed E-state index contributed by atoms with van der Waals surface area (Å²) >= 11 is 1.43. The molecule has 0 aliphatic carbocycles. The number of ether oxygens (including phenoxy) is 1. The van der Waals surface area contributed by atoms with Crippen LogP contribution >= 0.6 is 11.3 Å². The van der Waals surface area contributed by atoms with Gasteiger partial charge in [0.05, 0.1) is 24.7 Å². The summed E-state index contributed by atoms with van der Waals surface area (Å²) in [6.45, 7) is 1.88. The van der Waals surface area contributed by atoms with Crippen molar-refractivity contribution < 1.29 is 9.53 Å². The van der Waals surface area contributed by atoms with Gasteiger partial charge < -0.3 is 10.5 Å². The molecule has 2 rings (SSSR count). The van der Waals surface area contributed by atoms with E-state index in [1.54, 1.807) is 6.20 Å². The van der Waals surface area contributed by atoms with Crippen LogP contribution in [0, 0.1) is 6.92 Å². The lowest BCUT2D eigenvalue weighted by Crippen LogP contribution is -2.05. The van der Waals surface area contributed by atoms with Gasteiger partial charge in [-0.05, 0) is 6.92 Å². The zero-order valence-electron chi connectivity index (χ0n) is 8.80. The second-order valence-corrected chi connectivity index (χ2v) is 3.98. The lowest BCUT2D eigenvalue weighted by molar-refractivity contribution is 0.0594. The minimum absolute atomic E-state index is 0.107. The molecule has 0 radical (unpaired) electrons. The third-order valence-corrected chi connectivity index (χ3v) is 2.87. The number of carbonyl (C=O) groups is 1. The van der Waals surface area contributed by atoms with E-state index >= 15 is 0 Å². The average Bonchev–Trinajstić information content (AvgIpc) is 2.83. The molecule has 2 aromatic rings. The summed E-state index contributed by atoms with van der Waals surface area (Å²) in [6, 6.07) is 0. The molecule has 0 atom stereocenters. The third kappa shape index (κ3) is 1.76. The summed E-state index contributed by atoms with van der Waals surface area (Å²) in [6.07, 6.45) is 1.55. The van der Waals surface area contributed by atoms with E-state index in [0.717, 1.165) is 5.69 Å². The third-order valence-electron chi connectivity index (χ3n) is 1.92. The molecule has 0 bridgehead atoms. The molecule has 0 amide bonds. The van der Waals surface area contributed by atoms with E-state index in [1.165, 1.54) is 23.1 Å². The van der Waals surface area contributed by atoms with Crippen molar-refractivity contribution in [2.24, 2.45) is 0 Å². The molecule has 2 heterocycles. The SMILES string of the molecule is COC(=O)c1nn(-c2nc(C)cs2)cc1N. The Hall–Kier alpha value is -1.89. The van der Waals surface area contributed by atoms with Crippen LogP contribution in [0.25, 0.3) is 5.13 Å². The van der Waals surface area contributed by atoms with Gasteiger partial charge in [0.15, 0.2) is 5.69 Å². The zero-order valence-corrected chi connectivity index (χ0v) is 9.61. The fraction of sp³-hybridized carbons (Fsp3) is 0.222. The van der Waals surface area contributed by atoms with Crippen molar-refractivity contribution in [1.29, 1.82) is 0 Å². The number of anilines is 1. The van der Waals surface area contributed by atoms with E-state index < -0.39 is 5.97 Å². The van der Waals surface area contributed by atoms with Gasteiger partial charge >= 0.3 is 5.97 Å². The number of aryl methyl sites for hydroxylation is 1. The fourth-order valence-electron chi connectivity index (χ4n) is 1.19. The van der Waals surface area contributed by atoms with Gasteiger partial charge in [-0.1, -0.05) is 0 Å². The molecule has 16 heavy (non-hydrogen) atoms. The molecule has 0 unspecified atom stereocenters. The Morgan fingerprint density at radius 2 is 2.38 bits per heavy atom. The van der Waals surface area contributed by atoms with Crippen molar-refractivity contribution >= 4 is 23.0 Å². The predicted octanol–water partition coefficient (Wildman–Crippen LogP) is 1.01. The molecule has 0 aliphatic rings. The maximum Gasteiger partial charge on any atom is 0.360 e. The summed E-state index contributed by atoms with van der Waals surface area (Å²) in [5.41, 5.74) is 6.94. The number of thiazole rings is 1. The van der Waals surface area contributed by atoms with Crippen molar-refractivity contribution in [3.63, 3.8) is 0 Å². The number of nitrogen functional groups attached to an aromatic ring is 1. The Morgan fingerprint density at radius 1 is 1.62 bits per heavy atom. The van der Waals surface area contributed by atoms with Gasteiger partial charge in [0.2, 0.25) is 5.13 Å². The number of aromatic nitrogens is 3. The monoisotopic (exact) mass is 238 g/mol. The normalized spacial score (nSPS) is 10.4. The number of nitrogens with two attached hydrogens (primary N) is 1. The largest absolute Gasteiger partial charge is 0.464 e. The highest BCUT2D eigenvalue weighted by atomic mass is 32.1. The fourth-order valence-corrected chi connectivity index (χ4v) is 1.91. The Balaban J connectivity index is 2.41. The molecule has 0 saturated carbocycles. The van der Waals surface area contributed by atoms with Crippen molar-refractivity contribution in [1.82, 2.24) is 14.8 Å². The number of hydrogen-bond donors (Lipinski definition) is 1. The number of hydrogen-bond acceptors (Lipinski definition) is 6. The van der Waals surface area contributed by atoms with Crippen molar-refractivity contribution in [2.45, 2.75) is 6.92 Å². The van der Waals surface area contributed by atoms with E-state index in [9.17, 15) is 4.79 Å². The molecule has 2 N–H and O–H groups in total. The quantitative estimate of drug-likeness (QED) is 0.789. The average molecular weight is 238 g/mol. The standard InChI is InChI=1S/C9H10N4O2S/c1-5-4-16-9(11-5)13-3-6(10)7(12-13)8(14)15-2/h3-4H,10H2,1-2H3. The van der Waals surface area contributed by atoms with Gasteiger partial charge in [-0.3, -0.25) is 0 Å². The minimum Gasteiger partial charge on any atom is -0.464 e. The molecule has 0 aliphatic heterocycles. The Morgan fingerprint density at radius 3 is 2.94 bits per heavy atom. The molecular formula is C9H10N4O2S. The van der Waals surface area contributed by atoms with E-state index in [0.29, 0.717) is 5.13 Å². The maximum absolute atomic E-state index is 11.3. The summed E-state index contributed by atoms with van der Waals surface area (Å²) in [4.78, 5) is 15.5. The first-order chi connectivity index (χ1) is 7.61. The zero-order chi connectivity index (χ0) is 11.7. The Bertz CT molecular complexity index is 531. The van der Waals surface area contributed by atoms with Gasteiger partial charge in [0, 0.05) is 5.38 Å². The molecule has 2 aromatic heterocycles. The summed E-state index contributed by atoms with van der Waals surface area (Å²) in [5.74, 6) is -0.551. The molecule has 6 nitrogen and oxygen atoms in total. The smallest absolute Gasteiger partial charge is 0.360 e.